The molecule has 9 heteroatoms. The van der Waals surface area contributed by atoms with Gasteiger partial charge in [-0.1, -0.05) is 42.5 Å². The first-order valence-electron chi connectivity index (χ1n) is 11.0. The number of nitrogens with zero attached hydrogens (tertiary/aromatic N) is 1. The van der Waals surface area contributed by atoms with Gasteiger partial charge < -0.3 is 19.8 Å². The first kappa shape index (κ1) is 22.9. The van der Waals surface area contributed by atoms with E-state index >= 15 is 0 Å². The second kappa shape index (κ2) is 9.07. The van der Waals surface area contributed by atoms with Gasteiger partial charge in [-0.05, 0) is 41.3 Å². The lowest BCUT2D eigenvalue weighted by molar-refractivity contribution is -0.206. The summed E-state index contributed by atoms with van der Waals surface area (Å²) < 4.78 is 49.1. The van der Waals surface area contributed by atoms with Gasteiger partial charge in [0.15, 0.2) is 0 Å². The third-order valence-electron chi connectivity index (χ3n) is 6.23. The Labute approximate surface area is 199 Å². The third kappa shape index (κ3) is 4.59. The summed E-state index contributed by atoms with van der Waals surface area (Å²) in [5, 5.41) is 3.27. The van der Waals surface area contributed by atoms with Crippen molar-refractivity contribution in [2.24, 2.45) is 0 Å². The lowest BCUT2D eigenvalue weighted by Gasteiger charge is -2.23. The molecule has 180 valence electrons. The lowest BCUT2D eigenvalue weighted by Crippen LogP contribution is -2.37. The third-order valence-corrected chi connectivity index (χ3v) is 6.23. The van der Waals surface area contributed by atoms with E-state index in [0.29, 0.717) is 24.3 Å². The second-order valence-corrected chi connectivity index (χ2v) is 8.37. The molecule has 1 aliphatic rings. The number of hydrogen-bond acceptors (Lipinski definition) is 5. The number of aromatic nitrogens is 2. The molecular formula is C26H22F3N3O3. The van der Waals surface area contributed by atoms with Crippen LogP contribution in [-0.2, 0) is 22.5 Å². The van der Waals surface area contributed by atoms with E-state index in [-0.39, 0.29) is 0 Å². The minimum Gasteiger partial charge on any atom is -0.496 e. The zero-order chi connectivity index (χ0) is 24.6. The predicted octanol–water partition coefficient (Wildman–Crippen LogP) is 5.10. The van der Waals surface area contributed by atoms with Crippen LogP contribution >= 0.6 is 0 Å². The van der Waals surface area contributed by atoms with Crippen molar-refractivity contribution in [1.29, 1.82) is 0 Å². The highest BCUT2D eigenvalue weighted by Crippen LogP contribution is 2.40. The van der Waals surface area contributed by atoms with Gasteiger partial charge in [-0.25, -0.2) is 9.78 Å². The normalized spacial score (nSPS) is 17.4. The molecule has 6 nitrogen and oxygen atoms in total. The first-order chi connectivity index (χ1) is 16.8. The average molecular weight is 481 g/mol. The fraction of sp³-hybridized carbons (Fsp3) is 0.231. The van der Waals surface area contributed by atoms with E-state index in [4.69, 9.17) is 9.47 Å². The number of fused-ring (bicyclic) bond motifs is 2. The number of rotatable bonds is 6. The summed E-state index contributed by atoms with van der Waals surface area (Å²) in [7, 11) is 1.50. The number of imidazole rings is 1. The Bertz CT molecular complexity index is 1370. The smallest absolute Gasteiger partial charge is 0.490 e. The van der Waals surface area contributed by atoms with Gasteiger partial charge in [-0.2, -0.15) is 13.2 Å². The number of H-pyrrole nitrogens is 1. The number of carbonyl (C=O) groups excluding carboxylic acids is 1. The number of ether oxygens (including phenoxy) is 2. The van der Waals surface area contributed by atoms with Crippen LogP contribution in [0.4, 0.5) is 13.2 Å². The molecule has 2 unspecified atom stereocenters. The number of halogens is 3. The van der Waals surface area contributed by atoms with Crippen molar-refractivity contribution in [2.75, 3.05) is 7.11 Å². The lowest BCUT2D eigenvalue weighted by atomic mass is 10.0. The summed E-state index contributed by atoms with van der Waals surface area (Å²) in [4.78, 5) is 19.0. The van der Waals surface area contributed by atoms with Gasteiger partial charge >= 0.3 is 12.1 Å². The summed E-state index contributed by atoms with van der Waals surface area (Å²) >= 11 is 0. The summed E-state index contributed by atoms with van der Waals surface area (Å²) in [6.07, 6.45) is -4.12. The number of alkyl halides is 3. The second-order valence-electron chi connectivity index (χ2n) is 8.37. The van der Waals surface area contributed by atoms with Crippen molar-refractivity contribution in [1.82, 2.24) is 15.3 Å². The number of esters is 1. The first-order valence-corrected chi connectivity index (χ1v) is 11.0. The van der Waals surface area contributed by atoms with Crippen molar-refractivity contribution in [3.05, 3.63) is 83.7 Å². The van der Waals surface area contributed by atoms with E-state index in [0.717, 1.165) is 33.3 Å². The molecule has 2 N–H and O–H groups in total. The molecule has 0 aliphatic heterocycles. The summed E-state index contributed by atoms with van der Waals surface area (Å²) in [6.45, 7) is 0.389. The number of hydrogen-bond donors (Lipinski definition) is 2. The highest BCUT2D eigenvalue weighted by atomic mass is 19.4. The number of carbonyl (C=O) groups is 1. The molecule has 4 aromatic rings. The average Bonchev–Trinajstić information content (AvgIpc) is 3.46. The Kier molecular flexibility index (Phi) is 5.94. The molecule has 35 heavy (non-hydrogen) atoms. The van der Waals surface area contributed by atoms with Crippen molar-refractivity contribution >= 4 is 17.0 Å². The molecule has 0 saturated heterocycles. The Morgan fingerprint density at radius 1 is 1.11 bits per heavy atom. The van der Waals surface area contributed by atoms with Gasteiger partial charge in [0, 0.05) is 17.7 Å². The Balaban J connectivity index is 1.32. The minimum atomic E-state index is -5.07. The monoisotopic (exact) mass is 481 g/mol. The van der Waals surface area contributed by atoms with Gasteiger partial charge in [-0.3, -0.25) is 0 Å². The zero-order valence-corrected chi connectivity index (χ0v) is 18.7. The molecule has 0 spiro atoms. The maximum Gasteiger partial charge on any atom is 0.490 e. The van der Waals surface area contributed by atoms with Crippen LogP contribution in [0.2, 0.25) is 0 Å². The van der Waals surface area contributed by atoms with Crippen molar-refractivity contribution in [3.8, 4) is 16.9 Å². The van der Waals surface area contributed by atoms with Crippen LogP contribution in [0.1, 0.15) is 22.8 Å². The molecule has 1 heterocycles. The summed E-state index contributed by atoms with van der Waals surface area (Å²) in [6, 6.07) is 18.4. The van der Waals surface area contributed by atoms with Crippen LogP contribution < -0.4 is 10.1 Å². The fourth-order valence-electron chi connectivity index (χ4n) is 4.48. The van der Waals surface area contributed by atoms with Crippen LogP contribution in [0.15, 0.2) is 67.0 Å². The quantitative estimate of drug-likeness (QED) is 0.375. The van der Waals surface area contributed by atoms with Gasteiger partial charge in [0.25, 0.3) is 0 Å². The van der Waals surface area contributed by atoms with Gasteiger partial charge in [0.05, 0.1) is 30.5 Å². The Morgan fingerprint density at radius 2 is 1.89 bits per heavy atom. The molecule has 0 saturated carbocycles. The fourth-order valence-corrected chi connectivity index (χ4v) is 4.48. The number of methoxy groups -OCH3 is 1. The highest BCUT2D eigenvalue weighted by Gasteiger charge is 2.46. The van der Waals surface area contributed by atoms with Crippen LogP contribution in [0.5, 0.6) is 5.75 Å². The molecular weight excluding hydrogens is 459 g/mol. The molecule has 1 aliphatic carbocycles. The molecule has 3 aromatic carbocycles. The maximum atomic E-state index is 12.9. The van der Waals surface area contributed by atoms with Crippen LogP contribution in [0.3, 0.4) is 0 Å². The summed E-state index contributed by atoms with van der Waals surface area (Å²) in [5.41, 5.74) is 6.09. The van der Waals surface area contributed by atoms with E-state index < -0.39 is 24.3 Å². The van der Waals surface area contributed by atoms with Crippen LogP contribution in [-0.4, -0.2) is 35.3 Å². The van der Waals surface area contributed by atoms with E-state index in [9.17, 15) is 18.0 Å². The van der Waals surface area contributed by atoms with E-state index in [1.807, 2.05) is 42.5 Å². The highest BCUT2D eigenvalue weighted by molar-refractivity contribution is 5.81. The number of nitrogens with one attached hydrogen (secondary N) is 2. The molecule has 0 fully saturated rings. The molecule has 0 bridgehead atoms. The van der Waals surface area contributed by atoms with Crippen molar-refractivity contribution < 1.29 is 27.4 Å². The Hall–Kier alpha value is -3.85. The topological polar surface area (TPSA) is 76.2 Å². The zero-order valence-electron chi connectivity index (χ0n) is 18.7. The van der Waals surface area contributed by atoms with Crippen LogP contribution in [0.25, 0.3) is 22.2 Å². The number of aromatic amines is 1. The van der Waals surface area contributed by atoms with E-state index in [2.05, 4.69) is 15.3 Å². The molecule has 0 radical (unpaired) electrons. The van der Waals surface area contributed by atoms with Gasteiger partial charge in [0.1, 0.15) is 11.9 Å². The van der Waals surface area contributed by atoms with E-state index in [1.165, 1.54) is 7.11 Å². The minimum absolute atomic E-state index is 0.372. The van der Waals surface area contributed by atoms with Gasteiger partial charge in [-0.15, -0.1) is 0 Å². The summed E-state index contributed by atoms with van der Waals surface area (Å²) in [5.74, 6) is -1.65. The molecule has 5 rings (SSSR count). The maximum absolute atomic E-state index is 12.9. The Morgan fingerprint density at radius 3 is 2.63 bits per heavy atom. The molecule has 2 atom stereocenters. The SMILES string of the molecule is COc1cccc2c1CC(NCc1ccc(-c3ccc4[nH]cnc4c3)cc1)C2OC(=O)C(F)(F)F. The standard InChI is InChI=1S/C26H22F3N3O3/c1-34-23-4-2-3-18-19(23)12-22(24(18)35-25(33)26(27,28)29)30-13-15-5-7-16(8-6-15)17-9-10-20-21(11-17)32-14-31-20/h2-11,14,22,24,30H,12-13H2,1H3,(H,31,32). The van der Waals surface area contributed by atoms with Gasteiger partial charge in [0.2, 0.25) is 0 Å². The van der Waals surface area contributed by atoms with E-state index in [1.54, 1.807) is 24.5 Å². The predicted molar refractivity (Wildman–Crippen MR) is 124 cm³/mol. The molecule has 0 amide bonds. The largest absolute Gasteiger partial charge is 0.496 e. The van der Waals surface area contributed by atoms with Crippen molar-refractivity contribution in [2.45, 2.75) is 31.3 Å². The van der Waals surface area contributed by atoms with Crippen LogP contribution in [0, 0.1) is 0 Å². The number of benzene rings is 3. The molecule has 1 aromatic heterocycles. The van der Waals surface area contributed by atoms with Crippen molar-refractivity contribution in [3.63, 3.8) is 0 Å².